The first-order valence-corrected chi connectivity index (χ1v) is 12.5. The minimum atomic E-state index is -0.672. The number of rotatable bonds is 7. The Labute approximate surface area is 209 Å². The first-order chi connectivity index (χ1) is 17.5. The predicted octanol–water partition coefficient (Wildman–Crippen LogP) is 0.704. The summed E-state index contributed by atoms with van der Waals surface area (Å²) in [5.41, 5.74) is 2.04. The van der Waals surface area contributed by atoms with Gasteiger partial charge < -0.3 is 10.1 Å². The average Bonchev–Trinajstić information content (AvgIpc) is 3.68. The molecule has 0 saturated carbocycles. The Bertz CT molecular complexity index is 1260. The molecule has 3 aromatic rings. The van der Waals surface area contributed by atoms with Crippen molar-refractivity contribution in [2.45, 2.75) is 50.5 Å². The van der Waals surface area contributed by atoms with Gasteiger partial charge in [0.25, 0.3) is 11.8 Å². The van der Waals surface area contributed by atoms with Crippen LogP contribution in [0.25, 0.3) is 0 Å². The number of hydrogen-bond donors (Lipinski definition) is 1. The molecule has 2 aromatic heterocycles. The zero-order valence-electron chi connectivity index (χ0n) is 20.3. The minimum absolute atomic E-state index is 0.0478. The van der Waals surface area contributed by atoms with Gasteiger partial charge in [-0.05, 0) is 18.4 Å². The lowest BCUT2D eigenvalue weighted by Crippen LogP contribution is -2.47. The highest BCUT2D eigenvalue weighted by Crippen LogP contribution is 2.28. The molecule has 3 atom stereocenters. The maximum atomic E-state index is 13.2. The van der Waals surface area contributed by atoms with E-state index in [1.54, 1.807) is 16.6 Å². The zero-order valence-corrected chi connectivity index (χ0v) is 20.3. The molecule has 5 heterocycles. The Balaban J connectivity index is 1.06. The first-order valence-electron chi connectivity index (χ1n) is 12.5. The van der Waals surface area contributed by atoms with Crippen LogP contribution in [0.2, 0.25) is 0 Å². The molecule has 0 radical (unpaired) electrons. The molecule has 3 aliphatic rings. The van der Waals surface area contributed by atoms with Crippen molar-refractivity contribution in [1.82, 2.24) is 34.8 Å². The Morgan fingerprint density at radius 1 is 1.22 bits per heavy atom. The molecule has 2 amide bonds. The van der Waals surface area contributed by atoms with Crippen molar-refractivity contribution in [3.63, 3.8) is 0 Å². The van der Waals surface area contributed by atoms with E-state index in [-0.39, 0.29) is 11.7 Å². The molecular weight excluding hydrogens is 460 g/mol. The van der Waals surface area contributed by atoms with E-state index >= 15 is 0 Å². The average molecular weight is 491 g/mol. The number of carbonyl (C=O) groups is 2. The second-order valence-electron chi connectivity index (χ2n) is 9.77. The summed E-state index contributed by atoms with van der Waals surface area (Å²) in [5.74, 6) is 0.166. The van der Waals surface area contributed by atoms with E-state index in [1.807, 2.05) is 41.1 Å². The number of likely N-dealkylation sites (tertiary alicyclic amines) is 1. The SMILES string of the molecule is CN1C(=O)[C@@H](NC(=O)c2ncn(Cc3ccccc3)n2)CCn2nc(CCN3CC4CC3CO4)cc21. The third-order valence-corrected chi connectivity index (χ3v) is 7.31. The number of likely N-dealkylation sites (N-methyl/N-ethyl adjacent to an activating group) is 1. The molecule has 36 heavy (non-hydrogen) atoms. The minimum Gasteiger partial charge on any atom is -0.375 e. The number of hydrogen-bond acceptors (Lipinski definition) is 7. The number of aryl methyl sites for hydroxylation is 1. The van der Waals surface area contributed by atoms with Crippen LogP contribution in [-0.2, 0) is 29.0 Å². The smallest absolute Gasteiger partial charge is 0.291 e. The highest BCUT2D eigenvalue weighted by Gasteiger charge is 2.38. The molecule has 1 aromatic carbocycles. The summed E-state index contributed by atoms with van der Waals surface area (Å²) in [7, 11) is 1.73. The van der Waals surface area contributed by atoms with Gasteiger partial charge in [0.2, 0.25) is 5.82 Å². The Hall–Kier alpha value is -3.57. The summed E-state index contributed by atoms with van der Waals surface area (Å²) in [6, 6.07) is 11.7. The highest BCUT2D eigenvalue weighted by atomic mass is 16.5. The van der Waals surface area contributed by atoms with Gasteiger partial charge in [0.05, 0.1) is 24.9 Å². The van der Waals surface area contributed by atoms with Crippen LogP contribution in [0.4, 0.5) is 5.82 Å². The van der Waals surface area contributed by atoms with E-state index in [9.17, 15) is 9.59 Å². The molecule has 2 unspecified atom stereocenters. The fourth-order valence-electron chi connectivity index (χ4n) is 5.35. The van der Waals surface area contributed by atoms with Crippen LogP contribution < -0.4 is 10.2 Å². The second-order valence-corrected chi connectivity index (χ2v) is 9.77. The van der Waals surface area contributed by atoms with Gasteiger partial charge in [0.15, 0.2) is 0 Å². The lowest BCUT2D eigenvalue weighted by molar-refractivity contribution is -0.120. The highest BCUT2D eigenvalue weighted by molar-refractivity contribution is 6.00. The quantitative estimate of drug-likeness (QED) is 0.519. The third-order valence-electron chi connectivity index (χ3n) is 7.31. The molecule has 11 nitrogen and oxygen atoms in total. The number of fused-ring (bicyclic) bond motifs is 3. The molecule has 2 fully saturated rings. The molecular formula is C25H30N8O3. The van der Waals surface area contributed by atoms with Gasteiger partial charge in [-0.3, -0.25) is 19.4 Å². The summed E-state index contributed by atoms with van der Waals surface area (Å²) in [6.07, 6.45) is 4.33. The molecule has 3 aliphatic heterocycles. The van der Waals surface area contributed by atoms with Crippen LogP contribution in [0.5, 0.6) is 0 Å². The molecule has 6 rings (SSSR count). The monoisotopic (exact) mass is 490 g/mol. The van der Waals surface area contributed by atoms with Crippen LogP contribution in [-0.4, -0.2) is 86.2 Å². The normalized spacial score (nSPS) is 23.6. The topological polar surface area (TPSA) is 110 Å². The number of carbonyl (C=O) groups excluding carboxylic acids is 2. The second kappa shape index (κ2) is 9.47. The van der Waals surface area contributed by atoms with Crippen molar-refractivity contribution in [3.05, 3.63) is 59.8 Å². The summed E-state index contributed by atoms with van der Waals surface area (Å²) >= 11 is 0. The van der Waals surface area contributed by atoms with Crippen molar-refractivity contribution in [1.29, 1.82) is 0 Å². The van der Waals surface area contributed by atoms with Crippen molar-refractivity contribution < 1.29 is 14.3 Å². The number of benzene rings is 1. The standard InChI is InChI=1S/C25H30N8O3/c1-30-22-11-18(7-9-31-14-20-12-19(31)15-36-20)28-33(22)10-8-21(25(30)35)27-24(34)23-26-16-32(29-23)13-17-5-3-2-4-6-17/h2-6,11,16,19-21H,7-10,12-15H2,1H3,(H,27,34)/t19?,20?,21-/m0/s1. The zero-order chi connectivity index (χ0) is 24.6. The van der Waals surface area contributed by atoms with E-state index in [0.717, 1.165) is 49.6 Å². The van der Waals surface area contributed by atoms with Gasteiger partial charge in [-0.15, -0.1) is 5.10 Å². The van der Waals surface area contributed by atoms with Gasteiger partial charge in [-0.2, -0.15) is 5.10 Å². The molecule has 1 N–H and O–H groups in total. The van der Waals surface area contributed by atoms with Crippen molar-refractivity contribution in [2.24, 2.45) is 0 Å². The summed E-state index contributed by atoms with van der Waals surface area (Å²) < 4.78 is 9.17. The van der Waals surface area contributed by atoms with Crippen LogP contribution in [0.3, 0.4) is 0 Å². The number of anilines is 1. The van der Waals surface area contributed by atoms with E-state index in [1.165, 1.54) is 6.33 Å². The molecule has 0 spiro atoms. The first kappa shape index (κ1) is 22.9. The maximum Gasteiger partial charge on any atom is 0.291 e. The lowest BCUT2D eigenvalue weighted by Gasteiger charge is -2.26. The fraction of sp³-hybridized carbons (Fsp3) is 0.480. The fourth-order valence-corrected chi connectivity index (χ4v) is 5.35. The summed E-state index contributed by atoms with van der Waals surface area (Å²) in [4.78, 5) is 34.2. The largest absolute Gasteiger partial charge is 0.375 e. The van der Waals surface area contributed by atoms with Crippen LogP contribution >= 0.6 is 0 Å². The number of nitrogens with one attached hydrogen (secondary N) is 1. The number of aromatic nitrogens is 5. The lowest BCUT2D eigenvalue weighted by atomic mass is 10.2. The third kappa shape index (κ3) is 4.51. The Morgan fingerprint density at radius 2 is 2.08 bits per heavy atom. The van der Waals surface area contributed by atoms with Gasteiger partial charge >= 0.3 is 0 Å². The number of amides is 2. The van der Waals surface area contributed by atoms with Gasteiger partial charge in [-0.25, -0.2) is 14.3 Å². The van der Waals surface area contributed by atoms with E-state index in [4.69, 9.17) is 9.84 Å². The molecule has 0 aliphatic carbocycles. The Kier molecular flexibility index (Phi) is 6.02. The molecule has 188 valence electrons. The van der Waals surface area contributed by atoms with Crippen molar-refractivity contribution in [3.8, 4) is 0 Å². The van der Waals surface area contributed by atoms with E-state index in [2.05, 4.69) is 20.3 Å². The van der Waals surface area contributed by atoms with Crippen LogP contribution in [0.1, 0.15) is 34.7 Å². The number of nitrogens with zero attached hydrogens (tertiary/aromatic N) is 7. The van der Waals surface area contributed by atoms with Gasteiger partial charge in [0, 0.05) is 45.2 Å². The number of ether oxygens (including phenoxy) is 1. The van der Waals surface area contributed by atoms with Gasteiger partial charge in [0.1, 0.15) is 18.2 Å². The van der Waals surface area contributed by atoms with Crippen molar-refractivity contribution in [2.75, 3.05) is 31.6 Å². The summed E-state index contributed by atoms with van der Waals surface area (Å²) in [6.45, 7) is 3.83. The van der Waals surface area contributed by atoms with Gasteiger partial charge in [-0.1, -0.05) is 30.3 Å². The van der Waals surface area contributed by atoms with Crippen LogP contribution in [0.15, 0.2) is 42.7 Å². The van der Waals surface area contributed by atoms with Crippen LogP contribution in [0, 0.1) is 0 Å². The molecule has 2 bridgehead atoms. The predicted molar refractivity (Wildman–Crippen MR) is 130 cm³/mol. The van der Waals surface area contributed by atoms with E-state index in [0.29, 0.717) is 31.7 Å². The molecule has 2 saturated heterocycles. The maximum absolute atomic E-state index is 13.2. The Morgan fingerprint density at radius 3 is 2.86 bits per heavy atom. The van der Waals surface area contributed by atoms with Crippen molar-refractivity contribution >= 4 is 17.6 Å². The number of morpholine rings is 1. The molecule has 11 heteroatoms. The summed E-state index contributed by atoms with van der Waals surface area (Å²) in [5, 5.41) is 11.9. The van der Waals surface area contributed by atoms with E-state index < -0.39 is 11.9 Å².